The number of nitrogens with two attached hydrogens (primary N) is 4. The molecule has 636 valence electrons. The molecule has 0 unspecified atom stereocenters. The lowest BCUT2D eigenvalue weighted by Crippen LogP contribution is -2.65. The summed E-state index contributed by atoms with van der Waals surface area (Å²) in [4.78, 5) is 200. The van der Waals surface area contributed by atoms with Crippen LogP contribution in [0.25, 0.3) is 0 Å². The van der Waals surface area contributed by atoms with Gasteiger partial charge in [0.05, 0.1) is 25.1 Å². The highest BCUT2D eigenvalue weighted by molar-refractivity contribution is 6.01. The predicted octanol–water partition coefficient (Wildman–Crippen LogP) is 0.330. The van der Waals surface area contributed by atoms with Crippen molar-refractivity contribution in [1.29, 1.82) is 0 Å². The summed E-state index contributed by atoms with van der Waals surface area (Å²) in [6.07, 6.45) is 3.14. The van der Waals surface area contributed by atoms with E-state index in [0.717, 1.165) is 0 Å². The van der Waals surface area contributed by atoms with E-state index in [1.54, 1.807) is 77.1 Å². The number of hydrogen-bond donors (Lipinski definition) is 20. The van der Waals surface area contributed by atoms with Crippen LogP contribution in [-0.2, 0) is 86.4 Å². The Morgan fingerprint density at radius 2 is 1.01 bits per heavy atom. The number of aromatic hydroxyl groups is 2. The van der Waals surface area contributed by atoms with Crippen LogP contribution in [0.15, 0.2) is 91.0 Å². The average Bonchev–Trinajstić information content (AvgIpc) is 1.03. The summed E-state index contributed by atoms with van der Waals surface area (Å²) in [7, 11) is 0. The first-order valence-electron chi connectivity index (χ1n) is 39.6. The Labute approximate surface area is 672 Å². The van der Waals surface area contributed by atoms with Gasteiger partial charge >= 0.3 is 5.97 Å². The van der Waals surface area contributed by atoms with Crippen molar-refractivity contribution in [2.45, 2.75) is 262 Å². The number of carboxylic acids is 1. The van der Waals surface area contributed by atoms with E-state index in [2.05, 4.69) is 63.8 Å². The lowest BCUT2D eigenvalue weighted by atomic mass is 9.90. The van der Waals surface area contributed by atoms with Gasteiger partial charge in [-0.25, -0.2) is 0 Å². The molecule has 0 spiro atoms. The number of rotatable bonds is 40. The van der Waals surface area contributed by atoms with Crippen LogP contribution in [-0.4, -0.2) is 200 Å². The third-order valence-electron chi connectivity index (χ3n) is 19.9. The summed E-state index contributed by atoms with van der Waals surface area (Å²) in [6.45, 7) is 14.4. The van der Waals surface area contributed by atoms with Gasteiger partial charge in [-0.05, 0) is 182 Å². The van der Waals surface area contributed by atoms with Crippen molar-refractivity contribution in [2.24, 2.45) is 40.7 Å². The Morgan fingerprint density at radius 3 is 1.51 bits per heavy atom. The molecule has 14 atom stereocenters. The van der Waals surface area contributed by atoms with Crippen LogP contribution < -0.4 is 86.7 Å². The van der Waals surface area contributed by atoms with Crippen LogP contribution in [0.4, 0.5) is 0 Å². The molecule has 0 aliphatic carbocycles. The quantitative estimate of drug-likeness (QED) is 0.0269. The molecule has 1 heterocycles. The van der Waals surface area contributed by atoms with Gasteiger partial charge in [-0.2, -0.15) is 0 Å². The van der Waals surface area contributed by atoms with E-state index >= 15 is 19.2 Å². The highest BCUT2D eigenvalue weighted by atomic mass is 16.4. The molecule has 3 aromatic carbocycles. The molecule has 0 saturated heterocycles. The Hall–Kier alpha value is -10.6. The van der Waals surface area contributed by atoms with Crippen molar-refractivity contribution in [1.82, 2.24) is 63.8 Å². The number of primary amides is 1. The zero-order valence-corrected chi connectivity index (χ0v) is 67.6. The number of aliphatic hydroxyl groups excluding tert-OH is 1. The van der Waals surface area contributed by atoms with Crippen molar-refractivity contribution in [2.75, 3.05) is 19.6 Å². The molecule has 13 amide bonds. The molecular formula is C81H124N16O18. The van der Waals surface area contributed by atoms with Crippen molar-refractivity contribution >= 4 is 82.8 Å². The minimum absolute atomic E-state index is 0.0564. The number of carboxylic acid groups (broad SMARTS) is 1. The van der Waals surface area contributed by atoms with Gasteiger partial charge in [0.1, 0.15) is 77.0 Å². The number of carbonyl (C=O) groups excluding carboxylic acids is 13. The van der Waals surface area contributed by atoms with Crippen LogP contribution in [0.1, 0.15) is 182 Å². The SMILES string of the molecule is CC[C@H](C)[C@H](N)C(=O)N[C@H](C(=O)N[C@@H](Cc1ccccc1)C(=O)N[C@@]1(C)CCC/C=C\CCC[C@@](C)(C(=O)N[C@@H](Cc2ccc(O)cc2)C(=O)N[C@@H](Cc2ccc(O)cc2)C(=O)NCC(=O)N[C@@H](CCCCN)C(=O)N[C@@H](CCCCN)C(N)=O)NC(=O)[C@H](CC(C)C)NC(=O)[C@H](CC(C)C)NC(=O)[C@H](CC(=O)O)NC1=O)[C@@H](C)O. The van der Waals surface area contributed by atoms with Gasteiger partial charge in [0.15, 0.2) is 0 Å². The summed E-state index contributed by atoms with van der Waals surface area (Å²) in [5, 5.41) is 73.4. The largest absolute Gasteiger partial charge is 0.508 e. The molecule has 0 radical (unpaired) electrons. The number of phenolic OH excluding ortho intramolecular Hbond substituents is 2. The monoisotopic (exact) mass is 1610 g/mol. The Balaban J connectivity index is 1.80. The summed E-state index contributed by atoms with van der Waals surface area (Å²) in [6, 6.07) is 5.34. The Kier molecular flexibility index (Phi) is 40.9. The topological polar surface area (TPSA) is 568 Å². The second-order valence-corrected chi connectivity index (χ2v) is 31.0. The van der Waals surface area contributed by atoms with Crippen LogP contribution in [0.2, 0.25) is 0 Å². The minimum atomic E-state index is -2.01. The number of phenols is 2. The molecular weight excluding hydrogens is 1480 g/mol. The van der Waals surface area contributed by atoms with Crippen molar-refractivity contribution in [3.8, 4) is 11.5 Å². The zero-order chi connectivity index (χ0) is 85.7. The predicted molar refractivity (Wildman–Crippen MR) is 429 cm³/mol. The third kappa shape index (κ3) is 33.8. The van der Waals surface area contributed by atoms with Crippen molar-refractivity contribution in [3.63, 3.8) is 0 Å². The normalized spacial score (nSPS) is 20.6. The molecule has 34 heteroatoms. The highest BCUT2D eigenvalue weighted by Gasteiger charge is 2.44. The molecule has 3 aromatic rings. The standard InChI is InChI=1S/C81H124N16O18/c1-10-49(6)66(84)76(112)95-67(50(7)98)77(113)92-62(42-51-24-16-15-17-25-51)75(111)97-81(9)37-21-14-12-11-13-20-36-80(8,96-74(110)59(41-48(4)5)90-71(107)58(40-47(2)3)89-73(109)63(45-65(102)103)94-79(81)115)78(114)93-61(44-53-30-34-55(100)35-31-53)72(108)91-60(43-52-28-32-54(99)33-29-52)69(105)86-46-64(101)87-57(27-19-23-39-83)70(106)88-56(68(85)104)26-18-22-38-82/h11-12,15-17,24-25,28-35,47-50,56-63,66-67,98-100H,10,13-14,18-23,26-27,36-46,82-84H2,1-9H3,(H2,85,104)(H,86,105)(H,87,101)(H,88,106)(H,89,109)(H,90,107)(H,91,108)(H,92,113)(H,93,114)(H,94,115)(H,95,112)(H,96,110)(H,97,111)(H,102,103)/b12-11-/t49-,50+,56-,57-,58-,59-,60-,61-,62-,63-,66-,67-,80-,81-/m0/s1. The smallest absolute Gasteiger partial charge is 0.305 e. The highest BCUT2D eigenvalue weighted by Crippen LogP contribution is 2.23. The molecule has 24 N–H and O–H groups in total. The van der Waals surface area contributed by atoms with Gasteiger partial charge in [0, 0.05) is 19.3 Å². The number of amides is 13. The molecule has 0 bridgehead atoms. The van der Waals surface area contributed by atoms with Crippen molar-refractivity contribution < 1.29 is 87.5 Å². The number of aliphatic hydroxyl groups is 1. The van der Waals surface area contributed by atoms with Gasteiger partial charge in [-0.1, -0.05) is 115 Å². The first-order chi connectivity index (χ1) is 54.3. The summed E-state index contributed by atoms with van der Waals surface area (Å²) in [5.74, 6) is -14.6. The van der Waals surface area contributed by atoms with E-state index in [9.17, 15) is 68.4 Å². The van der Waals surface area contributed by atoms with E-state index in [0.29, 0.717) is 55.3 Å². The van der Waals surface area contributed by atoms with Gasteiger partial charge in [-0.15, -0.1) is 0 Å². The molecule has 0 saturated carbocycles. The summed E-state index contributed by atoms with van der Waals surface area (Å²) in [5.41, 5.74) is 20.5. The Bertz CT molecular complexity index is 3750. The number of nitrogens with one attached hydrogen (secondary N) is 12. The minimum Gasteiger partial charge on any atom is -0.508 e. The maximum Gasteiger partial charge on any atom is 0.305 e. The number of carbonyl (C=O) groups is 14. The maximum absolute atomic E-state index is 15.5. The van der Waals surface area contributed by atoms with Gasteiger partial charge in [0.2, 0.25) is 76.8 Å². The average molecular weight is 1610 g/mol. The van der Waals surface area contributed by atoms with Crippen LogP contribution in [0, 0.1) is 17.8 Å². The first kappa shape index (κ1) is 96.8. The zero-order valence-electron chi connectivity index (χ0n) is 67.6. The third-order valence-corrected chi connectivity index (χ3v) is 19.9. The van der Waals surface area contributed by atoms with Gasteiger partial charge in [0.25, 0.3) is 0 Å². The fraction of sp³-hybridized carbons (Fsp3) is 0.580. The first-order valence-corrected chi connectivity index (χ1v) is 39.6. The Morgan fingerprint density at radius 1 is 0.539 bits per heavy atom. The van der Waals surface area contributed by atoms with Gasteiger partial charge < -0.3 is 107 Å². The fourth-order valence-corrected chi connectivity index (χ4v) is 12.8. The number of aliphatic carboxylic acids is 1. The second-order valence-electron chi connectivity index (χ2n) is 31.0. The number of hydrogen-bond acceptors (Lipinski definition) is 20. The van der Waals surface area contributed by atoms with E-state index in [4.69, 9.17) is 22.9 Å². The van der Waals surface area contributed by atoms with E-state index in [-0.39, 0.29) is 119 Å². The van der Waals surface area contributed by atoms with Gasteiger partial charge in [-0.3, -0.25) is 67.1 Å². The van der Waals surface area contributed by atoms with Crippen molar-refractivity contribution in [3.05, 3.63) is 108 Å². The lowest BCUT2D eigenvalue weighted by Gasteiger charge is -2.34. The molecule has 115 heavy (non-hydrogen) atoms. The summed E-state index contributed by atoms with van der Waals surface area (Å²) >= 11 is 0. The number of unbranched alkanes of at least 4 members (excludes halogenated alkanes) is 2. The molecule has 0 fully saturated rings. The lowest BCUT2D eigenvalue weighted by molar-refractivity contribution is -0.142. The van der Waals surface area contributed by atoms with Crippen LogP contribution in [0.5, 0.6) is 11.5 Å². The second kappa shape index (κ2) is 48.6. The van der Waals surface area contributed by atoms with E-state index in [1.165, 1.54) is 69.3 Å². The van der Waals surface area contributed by atoms with Crippen LogP contribution >= 0.6 is 0 Å². The van der Waals surface area contributed by atoms with E-state index in [1.807, 2.05) is 6.92 Å². The molecule has 1 aliphatic rings. The van der Waals surface area contributed by atoms with E-state index < -0.39 is 173 Å². The van der Waals surface area contributed by atoms with Crippen LogP contribution in [0.3, 0.4) is 0 Å². The molecule has 1 aliphatic heterocycles. The maximum atomic E-state index is 15.5. The summed E-state index contributed by atoms with van der Waals surface area (Å²) < 4.78 is 0. The number of allylic oxidation sites excluding steroid dienone is 2. The number of benzene rings is 3. The molecule has 34 nitrogen and oxygen atoms in total. The fourth-order valence-electron chi connectivity index (χ4n) is 12.8. The molecule has 0 aromatic heterocycles. The molecule has 4 rings (SSSR count).